The highest BCUT2D eigenvalue weighted by Gasteiger charge is 2.41. The van der Waals surface area contributed by atoms with Gasteiger partial charge in [0, 0.05) is 4.92 Å². The molecule has 0 aliphatic heterocycles. The fourth-order valence-corrected chi connectivity index (χ4v) is 2.23. The summed E-state index contributed by atoms with van der Waals surface area (Å²) in [6.07, 6.45) is 0. The Kier molecular flexibility index (Phi) is 6.57. The summed E-state index contributed by atoms with van der Waals surface area (Å²) in [6.45, 7) is -0.944. The van der Waals surface area contributed by atoms with Crippen LogP contribution in [0.5, 0.6) is 5.75 Å². The Morgan fingerprint density at radius 2 is 1.58 bits per heavy atom. The Hall–Kier alpha value is -2.78. The normalized spacial score (nSPS) is 11.8. The molecule has 0 saturated heterocycles. The van der Waals surface area contributed by atoms with Crippen LogP contribution < -0.4 is 4.74 Å². The average molecular weight is 347 g/mol. The smallest absolute Gasteiger partial charge is 0.320 e. The zero-order valence-corrected chi connectivity index (χ0v) is 13.1. The predicted octanol–water partition coefficient (Wildman–Crippen LogP) is 1.30. The molecule has 24 heavy (non-hydrogen) atoms. The lowest BCUT2D eigenvalue weighted by Crippen LogP contribution is -2.35. The van der Waals surface area contributed by atoms with Crippen LogP contribution in [0.25, 0.3) is 0 Å². The molecule has 0 bridgehead atoms. The summed E-state index contributed by atoms with van der Waals surface area (Å²) < 4.78 is 41.2. The molecule has 132 valence electrons. The molecule has 0 heterocycles. The van der Waals surface area contributed by atoms with Gasteiger partial charge >= 0.3 is 11.9 Å². The van der Waals surface area contributed by atoms with Crippen LogP contribution in [0.1, 0.15) is 11.5 Å². The maximum atomic E-state index is 13.9. The van der Waals surface area contributed by atoms with Crippen LogP contribution in [0.4, 0.5) is 8.78 Å². The molecule has 0 spiro atoms. The zero-order chi connectivity index (χ0) is 18.4. The number of halogens is 2. The molecular formula is C14H15F2NO7. The Labute approximate surface area is 135 Å². The van der Waals surface area contributed by atoms with Crippen molar-refractivity contribution in [2.24, 2.45) is 5.92 Å². The Morgan fingerprint density at radius 1 is 1.12 bits per heavy atom. The van der Waals surface area contributed by atoms with E-state index in [9.17, 15) is 28.5 Å². The van der Waals surface area contributed by atoms with Gasteiger partial charge in [-0.25, -0.2) is 8.78 Å². The predicted molar refractivity (Wildman–Crippen MR) is 75.0 cm³/mol. The van der Waals surface area contributed by atoms with Gasteiger partial charge in [0.15, 0.2) is 23.3 Å². The summed E-state index contributed by atoms with van der Waals surface area (Å²) in [7, 11) is 2.98. The highest BCUT2D eigenvalue weighted by Crippen LogP contribution is 2.32. The number of rotatable bonds is 7. The molecule has 8 nitrogen and oxygen atoms in total. The molecule has 1 aromatic carbocycles. The van der Waals surface area contributed by atoms with Crippen LogP contribution in [0.3, 0.4) is 0 Å². The van der Waals surface area contributed by atoms with E-state index in [4.69, 9.17) is 0 Å². The fraction of sp³-hybridized carbons (Fsp3) is 0.429. The second kappa shape index (κ2) is 8.18. The first-order valence-corrected chi connectivity index (χ1v) is 6.57. The van der Waals surface area contributed by atoms with E-state index in [1.54, 1.807) is 0 Å². The zero-order valence-electron chi connectivity index (χ0n) is 13.1. The van der Waals surface area contributed by atoms with E-state index in [1.165, 1.54) is 0 Å². The van der Waals surface area contributed by atoms with Crippen LogP contribution in [0.15, 0.2) is 12.1 Å². The summed E-state index contributed by atoms with van der Waals surface area (Å²) in [5, 5.41) is 10.9. The van der Waals surface area contributed by atoms with Crippen molar-refractivity contribution in [1.29, 1.82) is 0 Å². The van der Waals surface area contributed by atoms with Crippen LogP contribution in [-0.2, 0) is 19.1 Å². The van der Waals surface area contributed by atoms with Gasteiger partial charge in [-0.3, -0.25) is 19.7 Å². The van der Waals surface area contributed by atoms with Crippen molar-refractivity contribution in [3.05, 3.63) is 39.4 Å². The van der Waals surface area contributed by atoms with Crippen LogP contribution in [0, 0.1) is 27.7 Å². The van der Waals surface area contributed by atoms with Gasteiger partial charge in [-0.15, -0.1) is 0 Å². The summed E-state index contributed by atoms with van der Waals surface area (Å²) in [5.41, 5.74) is -0.275. The van der Waals surface area contributed by atoms with Gasteiger partial charge in [-0.2, -0.15) is 0 Å². The van der Waals surface area contributed by atoms with E-state index in [-0.39, 0.29) is 5.56 Å². The number of hydrogen-bond acceptors (Lipinski definition) is 7. The second-order valence-corrected chi connectivity index (χ2v) is 4.66. The number of benzene rings is 1. The van der Waals surface area contributed by atoms with E-state index in [1.807, 2.05) is 0 Å². The second-order valence-electron chi connectivity index (χ2n) is 4.66. The molecule has 0 aliphatic rings. The molecule has 0 aromatic heterocycles. The van der Waals surface area contributed by atoms with Crippen molar-refractivity contribution < 1.29 is 37.5 Å². The maximum absolute atomic E-state index is 13.9. The van der Waals surface area contributed by atoms with Gasteiger partial charge in [0.25, 0.3) is 0 Å². The van der Waals surface area contributed by atoms with Gasteiger partial charge in [0.2, 0.25) is 6.54 Å². The summed E-state index contributed by atoms with van der Waals surface area (Å²) in [6, 6.07) is 1.52. The first-order chi connectivity index (χ1) is 11.3. The first-order valence-electron chi connectivity index (χ1n) is 6.57. The standard InChI is InChI=1S/C14H15F2NO7/c1-22-12-9(15)4-7(5-10(12)16)8(6-17(20)21)11(13(18)23-2)14(19)24-3/h4-5,8,11H,6H2,1-3H3/t8-/m0/s1. The molecule has 10 heteroatoms. The van der Waals surface area contributed by atoms with Gasteiger partial charge in [0.05, 0.1) is 27.2 Å². The molecule has 0 saturated carbocycles. The molecule has 0 N–H and O–H groups in total. The minimum absolute atomic E-state index is 0.275. The molecule has 0 aliphatic carbocycles. The topological polar surface area (TPSA) is 105 Å². The highest BCUT2D eigenvalue weighted by molar-refractivity contribution is 5.96. The number of esters is 2. The molecule has 0 radical (unpaired) electrons. The first kappa shape index (κ1) is 19.3. The third-order valence-corrected chi connectivity index (χ3v) is 3.31. The van der Waals surface area contributed by atoms with Crippen molar-refractivity contribution >= 4 is 11.9 Å². The maximum Gasteiger partial charge on any atom is 0.320 e. The quantitative estimate of drug-likeness (QED) is 0.317. The van der Waals surface area contributed by atoms with Crippen molar-refractivity contribution in [1.82, 2.24) is 0 Å². The summed E-state index contributed by atoms with van der Waals surface area (Å²) >= 11 is 0. The van der Waals surface area contributed by atoms with Gasteiger partial charge < -0.3 is 14.2 Å². The van der Waals surface area contributed by atoms with E-state index in [2.05, 4.69) is 14.2 Å². The third-order valence-electron chi connectivity index (χ3n) is 3.31. The van der Waals surface area contributed by atoms with Gasteiger partial charge in [-0.05, 0) is 17.7 Å². The van der Waals surface area contributed by atoms with Crippen LogP contribution >= 0.6 is 0 Å². The number of nitrogens with zero attached hydrogens (tertiary/aromatic N) is 1. The third kappa shape index (κ3) is 4.15. The van der Waals surface area contributed by atoms with Crippen molar-refractivity contribution in [2.45, 2.75) is 5.92 Å². The van der Waals surface area contributed by atoms with Gasteiger partial charge in [-0.1, -0.05) is 0 Å². The fourth-order valence-electron chi connectivity index (χ4n) is 2.23. The Morgan fingerprint density at radius 3 is 1.92 bits per heavy atom. The molecule has 0 fully saturated rings. The van der Waals surface area contributed by atoms with E-state index >= 15 is 0 Å². The average Bonchev–Trinajstić information content (AvgIpc) is 2.52. The SMILES string of the molecule is COC(=O)C(C(=O)OC)[C@@H](C[N+](=O)[O-])c1cc(F)c(OC)c(F)c1. The van der Waals surface area contributed by atoms with Crippen molar-refractivity contribution in [3.63, 3.8) is 0 Å². The van der Waals surface area contributed by atoms with Crippen molar-refractivity contribution in [3.8, 4) is 5.75 Å². The molecule has 0 unspecified atom stereocenters. The lowest BCUT2D eigenvalue weighted by atomic mass is 9.85. The molecule has 1 aromatic rings. The molecule has 1 atom stereocenters. The number of hydrogen-bond donors (Lipinski definition) is 0. The lowest BCUT2D eigenvalue weighted by Gasteiger charge is -2.21. The summed E-state index contributed by atoms with van der Waals surface area (Å²) in [5.74, 6) is -8.43. The van der Waals surface area contributed by atoms with Crippen LogP contribution in [-0.4, -0.2) is 44.7 Å². The Balaban J connectivity index is 3.47. The number of ether oxygens (including phenoxy) is 3. The number of carbonyl (C=O) groups excluding carboxylic acids is 2. The van der Waals surface area contributed by atoms with Gasteiger partial charge in [0.1, 0.15) is 0 Å². The van der Waals surface area contributed by atoms with E-state index in [0.717, 1.165) is 33.5 Å². The minimum atomic E-state index is -1.75. The number of nitro groups is 1. The monoisotopic (exact) mass is 347 g/mol. The molecular weight excluding hydrogens is 332 g/mol. The van der Waals surface area contributed by atoms with E-state index < -0.39 is 52.6 Å². The van der Waals surface area contributed by atoms with Crippen molar-refractivity contribution in [2.75, 3.05) is 27.9 Å². The highest BCUT2D eigenvalue weighted by atomic mass is 19.1. The van der Waals surface area contributed by atoms with Crippen LogP contribution in [0.2, 0.25) is 0 Å². The largest absolute Gasteiger partial charge is 0.491 e. The molecule has 0 amide bonds. The molecule has 1 rings (SSSR count). The number of carbonyl (C=O) groups is 2. The lowest BCUT2D eigenvalue weighted by molar-refractivity contribution is -0.484. The summed E-state index contributed by atoms with van der Waals surface area (Å²) in [4.78, 5) is 33.8. The van der Waals surface area contributed by atoms with E-state index in [0.29, 0.717) is 0 Å². The number of methoxy groups -OCH3 is 3. The minimum Gasteiger partial charge on any atom is -0.491 e. The Bertz CT molecular complexity index is 611.